The Hall–Kier alpha value is -2.73. The average Bonchev–Trinajstić information content (AvgIpc) is 3.45. The van der Waals surface area contributed by atoms with Crippen LogP contribution in [0.5, 0.6) is 0 Å². The summed E-state index contributed by atoms with van der Waals surface area (Å²) in [5.74, 6) is 1.38. The van der Waals surface area contributed by atoms with Crippen molar-refractivity contribution in [2.75, 3.05) is 6.54 Å². The van der Waals surface area contributed by atoms with Gasteiger partial charge >= 0.3 is 0 Å². The molecule has 0 atom stereocenters. The molecule has 0 saturated heterocycles. The molecular weight excluding hydrogens is 338 g/mol. The zero-order valence-electron chi connectivity index (χ0n) is 15.3. The molecule has 0 bridgehead atoms. The summed E-state index contributed by atoms with van der Waals surface area (Å²) in [6, 6.07) is 10.3. The lowest BCUT2D eigenvalue weighted by molar-refractivity contribution is 0.241. The molecule has 0 amide bonds. The monoisotopic (exact) mass is 361 g/mol. The second-order valence-electron chi connectivity index (χ2n) is 7.64. The van der Waals surface area contributed by atoms with Gasteiger partial charge in [0.25, 0.3) is 5.56 Å². The molecule has 3 aromatic rings. The highest BCUT2D eigenvalue weighted by atomic mass is 16.1. The molecule has 1 aromatic carbocycles. The van der Waals surface area contributed by atoms with Gasteiger partial charge in [0.15, 0.2) is 0 Å². The molecule has 6 heteroatoms. The maximum atomic E-state index is 12.5. The Morgan fingerprint density at radius 2 is 1.96 bits per heavy atom. The zero-order chi connectivity index (χ0) is 18.2. The molecule has 1 N–H and O–H groups in total. The molecule has 1 aliphatic heterocycles. The van der Waals surface area contributed by atoms with Crippen molar-refractivity contribution in [3.63, 3.8) is 0 Å². The number of hydrogen-bond acceptors (Lipinski definition) is 4. The zero-order valence-corrected chi connectivity index (χ0v) is 15.3. The van der Waals surface area contributed by atoms with E-state index in [1.807, 2.05) is 29.1 Å². The Morgan fingerprint density at radius 1 is 1.11 bits per heavy atom. The Kier molecular flexibility index (Phi) is 4.13. The smallest absolute Gasteiger partial charge is 0.255 e. The third-order valence-corrected chi connectivity index (χ3v) is 5.41. The van der Waals surface area contributed by atoms with E-state index in [1.165, 1.54) is 11.1 Å². The van der Waals surface area contributed by atoms with Crippen molar-refractivity contribution < 1.29 is 0 Å². The van der Waals surface area contributed by atoms with Crippen LogP contribution in [-0.2, 0) is 26.1 Å². The minimum atomic E-state index is 0.0476. The molecule has 138 valence electrons. The second kappa shape index (κ2) is 6.78. The first kappa shape index (κ1) is 16.4. The lowest BCUT2D eigenvalue weighted by atomic mass is 10.1. The molecule has 0 unspecified atom stereocenters. The second-order valence-corrected chi connectivity index (χ2v) is 7.64. The van der Waals surface area contributed by atoms with Gasteiger partial charge in [0.2, 0.25) is 0 Å². The summed E-state index contributed by atoms with van der Waals surface area (Å²) in [6.07, 6.45) is 7.18. The van der Waals surface area contributed by atoms with Crippen molar-refractivity contribution in [3.8, 4) is 0 Å². The Labute approximate surface area is 157 Å². The summed E-state index contributed by atoms with van der Waals surface area (Å²) in [5, 5.41) is 4.49. The first-order valence-electron chi connectivity index (χ1n) is 9.64. The van der Waals surface area contributed by atoms with Gasteiger partial charge in [-0.3, -0.25) is 14.4 Å². The lowest BCUT2D eigenvalue weighted by Crippen LogP contribution is -2.35. The SMILES string of the molecule is O=c1[nH]c(C2CC2)nc2c1CN(Cc1cnn(Cc3ccccc3)c1)CC2. The Bertz CT molecular complexity index is 1000. The van der Waals surface area contributed by atoms with Gasteiger partial charge < -0.3 is 4.98 Å². The van der Waals surface area contributed by atoms with Crippen LogP contribution in [0.3, 0.4) is 0 Å². The van der Waals surface area contributed by atoms with E-state index >= 15 is 0 Å². The van der Waals surface area contributed by atoms with E-state index < -0.39 is 0 Å². The van der Waals surface area contributed by atoms with Crippen LogP contribution in [0.1, 0.15) is 47.0 Å². The Morgan fingerprint density at radius 3 is 2.78 bits per heavy atom. The van der Waals surface area contributed by atoms with E-state index in [-0.39, 0.29) is 5.56 Å². The quantitative estimate of drug-likeness (QED) is 0.758. The topological polar surface area (TPSA) is 66.8 Å². The number of rotatable bonds is 5. The van der Waals surface area contributed by atoms with Gasteiger partial charge in [-0.25, -0.2) is 4.98 Å². The van der Waals surface area contributed by atoms with Crippen LogP contribution in [0.25, 0.3) is 0 Å². The molecule has 0 spiro atoms. The number of nitrogens with zero attached hydrogens (tertiary/aromatic N) is 4. The maximum absolute atomic E-state index is 12.5. The molecule has 27 heavy (non-hydrogen) atoms. The number of H-pyrrole nitrogens is 1. The molecule has 3 heterocycles. The van der Waals surface area contributed by atoms with Crippen LogP contribution in [-0.4, -0.2) is 31.2 Å². The third-order valence-electron chi connectivity index (χ3n) is 5.41. The van der Waals surface area contributed by atoms with E-state index in [0.717, 1.165) is 56.0 Å². The van der Waals surface area contributed by atoms with Gasteiger partial charge in [0.1, 0.15) is 5.82 Å². The highest BCUT2D eigenvalue weighted by Crippen LogP contribution is 2.37. The lowest BCUT2D eigenvalue weighted by Gasteiger charge is -2.27. The molecule has 5 rings (SSSR count). The van der Waals surface area contributed by atoms with E-state index in [9.17, 15) is 4.79 Å². The summed E-state index contributed by atoms with van der Waals surface area (Å²) in [4.78, 5) is 22.5. The molecule has 1 aliphatic carbocycles. The molecule has 2 aromatic heterocycles. The predicted molar refractivity (Wildman–Crippen MR) is 102 cm³/mol. The largest absolute Gasteiger partial charge is 0.310 e. The van der Waals surface area contributed by atoms with Gasteiger partial charge in [-0.15, -0.1) is 0 Å². The number of aromatic amines is 1. The van der Waals surface area contributed by atoms with Crippen molar-refractivity contribution in [1.29, 1.82) is 0 Å². The normalized spacial score (nSPS) is 17.0. The van der Waals surface area contributed by atoms with Crippen molar-refractivity contribution in [1.82, 2.24) is 24.6 Å². The highest BCUT2D eigenvalue weighted by Gasteiger charge is 2.29. The van der Waals surface area contributed by atoms with Crippen molar-refractivity contribution in [2.24, 2.45) is 0 Å². The number of nitrogens with one attached hydrogen (secondary N) is 1. The van der Waals surface area contributed by atoms with Crippen LogP contribution in [0, 0.1) is 0 Å². The van der Waals surface area contributed by atoms with Crippen LogP contribution in [0.15, 0.2) is 47.5 Å². The third kappa shape index (κ3) is 3.57. The molecule has 6 nitrogen and oxygen atoms in total. The van der Waals surface area contributed by atoms with Crippen molar-refractivity contribution in [2.45, 2.75) is 44.8 Å². The van der Waals surface area contributed by atoms with Crippen LogP contribution >= 0.6 is 0 Å². The van der Waals surface area contributed by atoms with Crippen LogP contribution in [0.4, 0.5) is 0 Å². The summed E-state index contributed by atoms with van der Waals surface area (Å²) in [7, 11) is 0. The molecule has 1 saturated carbocycles. The Balaban J connectivity index is 1.27. The van der Waals surface area contributed by atoms with Crippen molar-refractivity contribution in [3.05, 3.63) is 81.3 Å². The van der Waals surface area contributed by atoms with Gasteiger partial charge in [-0.1, -0.05) is 30.3 Å². The number of hydrogen-bond donors (Lipinski definition) is 1. The molecule has 2 aliphatic rings. The first-order valence-corrected chi connectivity index (χ1v) is 9.64. The summed E-state index contributed by atoms with van der Waals surface area (Å²) >= 11 is 0. The van der Waals surface area contributed by atoms with E-state index in [1.54, 1.807) is 0 Å². The van der Waals surface area contributed by atoms with Crippen molar-refractivity contribution >= 4 is 0 Å². The van der Waals surface area contributed by atoms with Gasteiger partial charge in [0.05, 0.1) is 24.0 Å². The van der Waals surface area contributed by atoms with E-state index in [0.29, 0.717) is 12.5 Å². The van der Waals surface area contributed by atoms with Crippen LogP contribution in [0.2, 0.25) is 0 Å². The van der Waals surface area contributed by atoms with E-state index in [2.05, 4.69) is 33.3 Å². The standard InChI is InChI=1S/C21H23N5O/c27-21-18-14-25(9-8-19(18)23-20(24-21)17-6-7-17)11-16-10-22-26(13-16)12-15-4-2-1-3-5-15/h1-5,10,13,17H,6-9,11-12,14H2,(H,23,24,27). The number of fused-ring (bicyclic) bond motifs is 1. The van der Waals surface area contributed by atoms with Gasteiger partial charge in [0, 0.05) is 43.7 Å². The molecule has 0 radical (unpaired) electrons. The summed E-state index contributed by atoms with van der Waals surface area (Å²) in [5.41, 5.74) is 4.29. The minimum absolute atomic E-state index is 0.0476. The van der Waals surface area contributed by atoms with Crippen LogP contribution < -0.4 is 5.56 Å². The fraction of sp³-hybridized carbons (Fsp3) is 0.381. The summed E-state index contributed by atoms with van der Waals surface area (Å²) in [6.45, 7) is 3.17. The fourth-order valence-electron chi connectivity index (χ4n) is 3.79. The number of aromatic nitrogens is 4. The predicted octanol–water partition coefficient (Wildman–Crippen LogP) is 2.45. The van der Waals surface area contributed by atoms with E-state index in [4.69, 9.17) is 4.98 Å². The maximum Gasteiger partial charge on any atom is 0.255 e. The average molecular weight is 361 g/mol. The molecular formula is C21H23N5O. The minimum Gasteiger partial charge on any atom is -0.310 e. The van der Waals surface area contributed by atoms with Gasteiger partial charge in [-0.2, -0.15) is 5.10 Å². The fourth-order valence-corrected chi connectivity index (χ4v) is 3.79. The first-order chi connectivity index (χ1) is 13.2. The highest BCUT2D eigenvalue weighted by molar-refractivity contribution is 5.23. The van der Waals surface area contributed by atoms with Gasteiger partial charge in [-0.05, 0) is 18.4 Å². The number of benzene rings is 1. The molecule has 1 fully saturated rings. The summed E-state index contributed by atoms with van der Waals surface area (Å²) < 4.78 is 1.97.